The Kier molecular flexibility index (Phi) is 3.20. The van der Waals surface area contributed by atoms with Gasteiger partial charge < -0.3 is 10.4 Å². The van der Waals surface area contributed by atoms with Crippen molar-refractivity contribution in [2.24, 2.45) is 0 Å². The number of nitrogens with one attached hydrogen (secondary N) is 2. The zero-order valence-corrected chi connectivity index (χ0v) is 9.77. The highest BCUT2D eigenvalue weighted by atomic mass is 35.5. The fourth-order valence-electron chi connectivity index (χ4n) is 1.81. The normalized spacial score (nSPS) is 20.2. The van der Waals surface area contributed by atoms with Gasteiger partial charge in [0.2, 0.25) is 0 Å². The Morgan fingerprint density at radius 2 is 1.89 bits per heavy atom. The van der Waals surface area contributed by atoms with Gasteiger partial charge in [0.15, 0.2) is 0 Å². The number of carbonyl (C=O) groups excluding carboxylic acids is 2. The number of aliphatic carboxylic acids is 1. The maximum absolute atomic E-state index is 11.5. The van der Waals surface area contributed by atoms with E-state index in [0.717, 1.165) is 0 Å². The number of hydrogen-bond acceptors (Lipinski definition) is 3. The molecule has 1 heterocycles. The molecule has 0 aliphatic carbocycles. The lowest BCUT2D eigenvalue weighted by Gasteiger charge is -2.17. The van der Waals surface area contributed by atoms with Crippen molar-refractivity contribution < 1.29 is 19.5 Å². The molecule has 0 unspecified atom stereocenters. The number of hydrogen-bond donors (Lipinski definition) is 3. The van der Waals surface area contributed by atoms with Crippen molar-refractivity contribution in [1.29, 1.82) is 0 Å². The van der Waals surface area contributed by atoms with Crippen molar-refractivity contribution in [3.63, 3.8) is 0 Å². The zero-order valence-electron chi connectivity index (χ0n) is 9.01. The van der Waals surface area contributed by atoms with Crippen molar-refractivity contribution in [3.05, 3.63) is 34.9 Å². The molecule has 6 nitrogen and oxygen atoms in total. The van der Waals surface area contributed by atoms with Gasteiger partial charge in [0.25, 0.3) is 5.91 Å². The van der Waals surface area contributed by atoms with Crippen molar-refractivity contribution in [2.75, 3.05) is 0 Å². The van der Waals surface area contributed by atoms with E-state index in [1.54, 1.807) is 0 Å². The predicted octanol–water partition coefficient (Wildman–Crippen LogP) is 0.716. The topological polar surface area (TPSA) is 95.5 Å². The molecule has 3 amide bonds. The second-order valence-corrected chi connectivity index (χ2v) is 4.24. The third-order valence-corrected chi connectivity index (χ3v) is 2.89. The molecule has 0 aromatic heterocycles. The van der Waals surface area contributed by atoms with Gasteiger partial charge in [0, 0.05) is 5.02 Å². The Morgan fingerprint density at radius 1 is 1.28 bits per heavy atom. The van der Waals surface area contributed by atoms with E-state index in [9.17, 15) is 19.5 Å². The third-order valence-electron chi connectivity index (χ3n) is 2.63. The molecule has 0 spiro atoms. The summed E-state index contributed by atoms with van der Waals surface area (Å²) in [6, 6.07) is 4.28. The average molecular weight is 269 g/mol. The van der Waals surface area contributed by atoms with Crippen LogP contribution in [0.2, 0.25) is 5.02 Å². The summed E-state index contributed by atoms with van der Waals surface area (Å²) in [6.45, 7) is 0. The highest BCUT2D eigenvalue weighted by Gasteiger charge is 2.40. The van der Waals surface area contributed by atoms with Crippen LogP contribution in [0.15, 0.2) is 24.3 Å². The molecule has 1 aliphatic rings. The SMILES string of the molecule is O=C1NC(=O)[C@H]([C@H](C(=O)O)c2ccc(Cl)cc2)N1. The molecule has 1 aromatic carbocycles. The molecule has 7 heteroatoms. The predicted molar refractivity (Wildman–Crippen MR) is 62.3 cm³/mol. The van der Waals surface area contributed by atoms with Crippen molar-refractivity contribution in [2.45, 2.75) is 12.0 Å². The second kappa shape index (κ2) is 4.66. The van der Waals surface area contributed by atoms with Crippen LogP contribution in [-0.2, 0) is 9.59 Å². The number of carbonyl (C=O) groups is 3. The summed E-state index contributed by atoms with van der Waals surface area (Å²) in [6.07, 6.45) is 0. The number of carboxylic acid groups (broad SMARTS) is 1. The third kappa shape index (κ3) is 2.28. The molecule has 3 N–H and O–H groups in total. The summed E-state index contributed by atoms with van der Waals surface area (Å²) in [5.74, 6) is -2.99. The lowest BCUT2D eigenvalue weighted by molar-refractivity contribution is -0.141. The smallest absolute Gasteiger partial charge is 0.322 e. The zero-order chi connectivity index (χ0) is 13.3. The highest BCUT2D eigenvalue weighted by molar-refractivity contribution is 6.30. The van der Waals surface area contributed by atoms with E-state index in [2.05, 4.69) is 5.32 Å². The molecule has 1 saturated heterocycles. The van der Waals surface area contributed by atoms with E-state index in [1.165, 1.54) is 24.3 Å². The van der Waals surface area contributed by atoms with E-state index in [0.29, 0.717) is 10.6 Å². The minimum atomic E-state index is -1.19. The van der Waals surface area contributed by atoms with Gasteiger partial charge in [-0.2, -0.15) is 0 Å². The molecule has 18 heavy (non-hydrogen) atoms. The molecule has 94 valence electrons. The fraction of sp³-hybridized carbons (Fsp3) is 0.182. The number of rotatable bonds is 3. The maximum atomic E-state index is 11.5. The summed E-state index contributed by atoms with van der Waals surface area (Å²) in [7, 11) is 0. The van der Waals surface area contributed by atoms with Crippen LogP contribution in [0.3, 0.4) is 0 Å². The summed E-state index contributed by atoms with van der Waals surface area (Å²) >= 11 is 5.71. The van der Waals surface area contributed by atoms with Crippen LogP contribution in [0.4, 0.5) is 4.79 Å². The number of urea groups is 1. The number of carboxylic acids is 1. The van der Waals surface area contributed by atoms with E-state index < -0.39 is 29.9 Å². The summed E-state index contributed by atoms with van der Waals surface area (Å²) in [5, 5.41) is 13.9. The van der Waals surface area contributed by atoms with E-state index in [1.807, 2.05) is 5.32 Å². The van der Waals surface area contributed by atoms with Gasteiger partial charge in [-0.1, -0.05) is 23.7 Å². The summed E-state index contributed by atoms with van der Waals surface area (Å²) in [5.41, 5.74) is 0.397. The minimum Gasteiger partial charge on any atom is -0.481 e. The molecule has 0 radical (unpaired) electrons. The van der Waals surface area contributed by atoms with Crippen molar-refractivity contribution in [3.8, 4) is 0 Å². The standard InChI is InChI=1S/C11H9ClN2O4/c12-6-3-1-5(2-4-6)7(10(16)17)8-9(15)14-11(18)13-8/h1-4,7-8H,(H,16,17)(H2,13,14,15,18)/t7-,8+/m1/s1. The minimum absolute atomic E-state index is 0.397. The molecule has 1 aliphatic heterocycles. The summed E-state index contributed by atoms with van der Waals surface area (Å²) < 4.78 is 0. The molecular weight excluding hydrogens is 260 g/mol. The van der Waals surface area contributed by atoms with Crippen LogP contribution in [0.1, 0.15) is 11.5 Å². The van der Waals surface area contributed by atoms with E-state index >= 15 is 0 Å². The van der Waals surface area contributed by atoms with Crippen molar-refractivity contribution >= 4 is 29.5 Å². The lowest BCUT2D eigenvalue weighted by Crippen LogP contribution is -2.39. The fourth-order valence-corrected chi connectivity index (χ4v) is 1.94. The van der Waals surface area contributed by atoms with Crippen LogP contribution in [0.25, 0.3) is 0 Å². The van der Waals surface area contributed by atoms with E-state index in [-0.39, 0.29) is 0 Å². The second-order valence-electron chi connectivity index (χ2n) is 3.81. The van der Waals surface area contributed by atoms with Crippen molar-refractivity contribution in [1.82, 2.24) is 10.6 Å². The largest absolute Gasteiger partial charge is 0.481 e. The van der Waals surface area contributed by atoms with Gasteiger partial charge >= 0.3 is 12.0 Å². The highest BCUT2D eigenvalue weighted by Crippen LogP contribution is 2.23. The van der Waals surface area contributed by atoms with Gasteiger partial charge in [-0.3, -0.25) is 14.9 Å². The number of benzene rings is 1. The quantitative estimate of drug-likeness (QED) is 0.704. The Bertz CT molecular complexity index is 514. The molecule has 0 bridgehead atoms. The Hall–Kier alpha value is -2.08. The van der Waals surface area contributed by atoms with Gasteiger partial charge in [0.1, 0.15) is 12.0 Å². The Balaban J connectivity index is 2.34. The first kappa shape index (κ1) is 12.4. The van der Waals surface area contributed by atoms with E-state index in [4.69, 9.17) is 11.6 Å². The molecule has 1 aromatic rings. The van der Waals surface area contributed by atoms with Crippen LogP contribution < -0.4 is 10.6 Å². The number of halogens is 1. The van der Waals surface area contributed by atoms with Crippen LogP contribution in [-0.4, -0.2) is 29.1 Å². The van der Waals surface area contributed by atoms with Gasteiger partial charge in [-0.05, 0) is 17.7 Å². The monoisotopic (exact) mass is 268 g/mol. The maximum Gasteiger partial charge on any atom is 0.322 e. The van der Waals surface area contributed by atoms with Gasteiger partial charge in [-0.25, -0.2) is 4.79 Å². The molecule has 0 saturated carbocycles. The Morgan fingerprint density at radius 3 is 2.33 bits per heavy atom. The van der Waals surface area contributed by atoms with Crippen LogP contribution in [0.5, 0.6) is 0 Å². The molecule has 2 rings (SSSR count). The molecular formula is C11H9ClN2O4. The average Bonchev–Trinajstić information content (AvgIpc) is 2.61. The van der Waals surface area contributed by atoms with Crippen LogP contribution >= 0.6 is 11.6 Å². The molecule has 1 fully saturated rings. The van der Waals surface area contributed by atoms with Gasteiger partial charge in [-0.15, -0.1) is 0 Å². The van der Waals surface area contributed by atoms with Gasteiger partial charge in [0.05, 0.1) is 0 Å². The Labute approximate surface area is 107 Å². The number of imide groups is 1. The first-order chi connectivity index (χ1) is 8.49. The van der Waals surface area contributed by atoms with Crippen LogP contribution in [0, 0.1) is 0 Å². The first-order valence-electron chi connectivity index (χ1n) is 5.08. The lowest BCUT2D eigenvalue weighted by atomic mass is 9.91. The molecule has 2 atom stereocenters. The first-order valence-corrected chi connectivity index (χ1v) is 5.46. The summed E-state index contributed by atoms with van der Waals surface area (Å²) in [4.78, 5) is 33.8. The number of amides is 3.